The van der Waals surface area contributed by atoms with E-state index in [0.717, 1.165) is 23.8 Å². The Hall–Kier alpha value is -0.0400. The fraction of sp³-hybridized carbons (Fsp3) is 1.00. The molecule has 3 rings (SSSR count). The van der Waals surface area contributed by atoms with Crippen molar-refractivity contribution in [1.82, 2.24) is 5.32 Å². The van der Waals surface area contributed by atoms with Crippen molar-refractivity contribution in [3.05, 3.63) is 0 Å². The third kappa shape index (κ3) is 5.21. The second kappa shape index (κ2) is 9.44. The maximum absolute atomic E-state index is 3.90. The van der Waals surface area contributed by atoms with Gasteiger partial charge in [0.1, 0.15) is 0 Å². The molecule has 2 bridgehead atoms. The van der Waals surface area contributed by atoms with E-state index in [1.165, 1.54) is 83.6 Å². The van der Waals surface area contributed by atoms with Gasteiger partial charge in [0, 0.05) is 6.04 Å². The Balaban J connectivity index is 1.42. The summed E-state index contributed by atoms with van der Waals surface area (Å²) in [4.78, 5) is 0. The lowest BCUT2D eigenvalue weighted by atomic mass is 9.45. The zero-order chi connectivity index (χ0) is 16.7. The SMILES string of the molecule is CCCCCCCCCCCCN[C@H]1C[C@@H]2C[C@@H]([C@@H]1C)C2(C)C. The molecule has 136 valence electrons. The lowest BCUT2D eigenvalue weighted by molar-refractivity contribution is -0.114. The summed E-state index contributed by atoms with van der Waals surface area (Å²) in [5.74, 6) is 2.86. The minimum Gasteiger partial charge on any atom is -0.314 e. The molecule has 0 heterocycles. The Labute approximate surface area is 146 Å². The molecule has 0 spiro atoms. The Kier molecular flexibility index (Phi) is 7.92. The highest BCUT2D eigenvalue weighted by atomic mass is 14.9. The van der Waals surface area contributed by atoms with Crippen molar-refractivity contribution < 1.29 is 0 Å². The summed E-state index contributed by atoms with van der Waals surface area (Å²) in [6.07, 6.45) is 17.3. The quantitative estimate of drug-likeness (QED) is 0.401. The summed E-state index contributed by atoms with van der Waals surface area (Å²) in [5, 5.41) is 3.90. The molecule has 4 atom stereocenters. The molecule has 23 heavy (non-hydrogen) atoms. The van der Waals surface area contributed by atoms with Crippen LogP contribution in [0.5, 0.6) is 0 Å². The molecule has 3 aliphatic carbocycles. The van der Waals surface area contributed by atoms with Crippen LogP contribution in [-0.4, -0.2) is 12.6 Å². The minimum atomic E-state index is 0.634. The van der Waals surface area contributed by atoms with Gasteiger partial charge in [-0.1, -0.05) is 85.5 Å². The number of fused-ring (bicyclic) bond motifs is 2. The van der Waals surface area contributed by atoms with E-state index in [1.54, 1.807) is 0 Å². The van der Waals surface area contributed by atoms with Gasteiger partial charge in [-0.3, -0.25) is 0 Å². The lowest BCUT2D eigenvalue weighted by Crippen LogP contribution is -2.60. The number of unbranched alkanes of at least 4 members (excludes halogenated alkanes) is 9. The van der Waals surface area contributed by atoms with E-state index in [1.807, 2.05) is 0 Å². The number of rotatable bonds is 12. The van der Waals surface area contributed by atoms with Gasteiger partial charge in [-0.15, -0.1) is 0 Å². The molecule has 0 aliphatic heterocycles. The van der Waals surface area contributed by atoms with E-state index in [4.69, 9.17) is 0 Å². The molecule has 3 saturated carbocycles. The van der Waals surface area contributed by atoms with Crippen LogP contribution in [0.1, 0.15) is 105 Å². The van der Waals surface area contributed by atoms with Crippen molar-refractivity contribution in [2.24, 2.45) is 23.2 Å². The van der Waals surface area contributed by atoms with Gasteiger partial charge in [0.25, 0.3) is 0 Å². The average Bonchev–Trinajstić information content (AvgIpc) is 2.53. The van der Waals surface area contributed by atoms with Gasteiger partial charge >= 0.3 is 0 Å². The van der Waals surface area contributed by atoms with Crippen LogP contribution in [0.3, 0.4) is 0 Å². The van der Waals surface area contributed by atoms with E-state index >= 15 is 0 Å². The van der Waals surface area contributed by atoms with E-state index < -0.39 is 0 Å². The molecule has 0 amide bonds. The van der Waals surface area contributed by atoms with Gasteiger partial charge in [-0.05, 0) is 49.0 Å². The zero-order valence-corrected chi connectivity index (χ0v) is 16.5. The summed E-state index contributed by atoms with van der Waals surface area (Å²) in [6, 6.07) is 0.811. The fourth-order valence-electron chi connectivity index (χ4n) is 5.32. The Morgan fingerprint density at radius 1 is 0.826 bits per heavy atom. The lowest BCUT2D eigenvalue weighted by Gasteiger charge is -2.62. The van der Waals surface area contributed by atoms with Crippen LogP contribution in [0.25, 0.3) is 0 Å². The van der Waals surface area contributed by atoms with Crippen LogP contribution in [0.15, 0.2) is 0 Å². The first kappa shape index (κ1) is 19.3. The van der Waals surface area contributed by atoms with Crippen LogP contribution in [0.2, 0.25) is 0 Å². The molecule has 1 heteroatoms. The van der Waals surface area contributed by atoms with Crippen LogP contribution in [-0.2, 0) is 0 Å². The minimum absolute atomic E-state index is 0.634. The first-order chi connectivity index (χ1) is 11.1. The summed E-state index contributed by atoms with van der Waals surface area (Å²) < 4.78 is 0. The van der Waals surface area contributed by atoms with Crippen molar-refractivity contribution >= 4 is 0 Å². The summed E-state index contributed by atoms with van der Waals surface area (Å²) in [7, 11) is 0. The number of nitrogens with one attached hydrogen (secondary N) is 1. The Morgan fingerprint density at radius 3 is 1.91 bits per heavy atom. The van der Waals surface area contributed by atoms with Gasteiger partial charge in [0.2, 0.25) is 0 Å². The zero-order valence-electron chi connectivity index (χ0n) is 16.5. The third-order valence-corrected chi connectivity index (χ3v) is 7.29. The van der Waals surface area contributed by atoms with Gasteiger partial charge in [0.05, 0.1) is 0 Å². The smallest absolute Gasteiger partial charge is 0.00983 e. The first-order valence-corrected chi connectivity index (χ1v) is 10.8. The Bertz CT molecular complexity index is 322. The molecule has 0 saturated heterocycles. The maximum Gasteiger partial charge on any atom is 0.00983 e. The van der Waals surface area contributed by atoms with Gasteiger partial charge in [-0.25, -0.2) is 0 Å². The van der Waals surface area contributed by atoms with E-state index in [9.17, 15) is 0 Å². The van der Waals surface area contributed by atoms with Gasteiger partial charge in [0.15, 0.2) is 0 Å². The predicted molar refractivity (Wildman–Crippen MR) is 103 cm³/mol. The highest BCUT2D eigenvalue weighted by molar-refractivity contribution is 5.06. The van der Waals surface area contributed by atoms with E-state index in [0.29, 0.717) is 5.41 Å². The number of hydrogen-bond donors (Lipinski definition) is 1. The maximum atomic E-state index is 3.90. The van der Waals surface area contributed by atoms with Gasteiger partial charge in [-0.2, -0.15) is 0 Å². The highest BCUT2D eigenvalue weighted by Gasteiger charge is 2.55. The van der Waals surface area contributed by atoms with Gasteiger partial charge < -0.3 is 5.32 Å². The normalized spacial score (nSPS) is 31.8. The largest absolute Gasteiger partial charge is 0.314 e. The summed E-state index contributed by atoms with van der Waals surface area (Å²) in [5.41, 5.74) is 0.634. The topological polar surface area (TPSA) is 12.0 Å². The second-order valence-corrected chi connectivity index (χ2v) is 9.20. The molecule has 3 aliphatic rings. The van der Waals surface area contributed by atoms with Crippen LogP contribution in [0, 0.1) is 23.2 Å². The summed E-state index contributed by atoms with van der Waals surface area (Å²) >= 11 is 0. The Morgan fingerprint density at radius 2 is 1.39 bits per heavy atom. The molecule has 1 N–H and O–H groups in total. The summed E-state index contributed by atoms with van der Waals surface area (Å²) in [6.45, 7) is 11.1. The third-order valence-electron chi connectivity index (χ3n) is 7.29. The molecule has 0 aromatic rings. The van der Waals surface area contributed by atoms with Crippen LogP contribution in [0.4, 0.5) is 0 Å². The van der Waals surface area contributed by atoms with Crippen molar-refractivity contribution in [3.8, 4) is 0 Å². The molecule has 0 aromatic carbocycles. The molecule has 0 unspecified atom stereocenters. The van der Waals surface area contributed by atoms with E-state index in [-0.39, 0.29) is 0 Å². The van der Waals surface area contributed by atoms with Crippen molar-refractivity contribution in [1.29, 1.82) is 0 Å². The fourth-order valence-corrected chi connectivity index (χ4v) is 5.32. The number of hydrogen-bond acceptors (Lipinski definition) is 1. The second-order valence-electron chi connectivity index (χ2n) is 9.20. The predicted octanol–water partition coefficient (Wildman–Crippen LogP) is 6.57. The molecule has 1 nitrogen and oxygen atoms in total. The average molecular weight is 322 g/mol. The highest BCUT2D eigenvalue weighted by Crippen LogP contribution is 2.61. The van der Waals surface area contributed by atoms with Crippen molar-refractivity contribution in [3.63, 3.8) is 0 Å². The van der Waals surface area contributed by atoms with E-state index in [2.05, 4.69) is 33.0 Å². The van der Waals surface area contributed by atoms with Crippen LogP contribution < -0.4 is 5.32 Å². The van der Waals surface area contributed by atoms with Crippen LogP contribution >= 0.6 is 0 Å². The standard InChI is InChI=1S/C22H43N/c1-5-6-7-8-9-10-11-12-13-14-15-23-21-17-19-16-20(18(21)2)22(19,3)4/h18-21,23H,5-17H2,1-4H3/t18-,19-,20-,21-/m0/s1. The molecule has 0 radical (unpaired) electrons. The van der Waals surface area contributed by atoms with Crippen molar-refractivity contribution in [2.75, 3.05) is 6.54 Å². The molecular weight excluding hydrogens is 278 g/mol. The first-order valence-electron chi connectivity index (χ1n) is 10.8. The molecular formula is C22H43N. The monoisotopic (exact) mass is 321 g/mol. The molecule has 0 aromatic heterocycles. The molecule has 3 fully saturated rings. The van der Waals surface area contributed by atoms with Crippen molar-refractivity contribution in [2.45, 2.75) is 111 Å².